The smallest absolute Gasteiger partial charge is 0.227 e. The standard InChI is InChI=1S/C15H24N2O2/c1-3-17(9-10-19-4-2)15(18)11-13-5-7-14(12-16)8-6-13/h5-8H,3-4,9-12,16H2,1-2H3. The van der Waals surface area contributed by atoms with Crippen molar-refractivity contribution in [1.82, 2.24) is 4.90 Å². The SMILES string of the molecule is CCOCCN(CC)C(=O)Cc1ccc(CN)cc1. The largest absolute Gasteiger partial charge is 0.380 e. The van der Waals surface area contributed by atoms with Crippen molar-refractivity contribution in [3.05, 3.63) is 35.4 Å². The molecule has 0 unspecified atom stereocenters. The lowest BCUT2D eigenvalue weighted by molar-refractivity contribution is -0.131. The van der Waals surface area contributed by atoms with Gasteiger partial charge in [0.05, 0.1) is 13.0 Å². The number of likely N-dealkylation sites (N-methyl/N-ethyl adjacent to an activating group) is 1. The fourth-order valence-corrected chi connectivity index (χ4v) is 1.86. The highest BCUT2D eigenvalue weighted by molar-refractivity contribution is 5.78. The Hall–Kier alpha value is -1.39. The maximum atomic E-state index is 12.1. The molecule has 0 aliphatic carbocycles. The molecule has 1 amide bonds. The summed E-state index contributed by atoms with van der Waals surface area (Å²) in [6.45, 7) is 7.13. The highest BCUT2D eigenvalue weighted by Crippen LogP contribution is 2.06. The van der Waals surface area contributed by atoms with E-state index in [9.17, 15) is 4.79 Å². The molecule has 0 radical (unpaired) electrons. The lowest BCUT2D eigenvalue weighted by atomic mass is 10.1. The molecule has 1 aromatic carbocycles. The first kappa shape index (κ1) is 15.7. The van der Waals surface area contributed by atoms with Crippen LogP contribution in [0.1, 0.15) is 25.0 Å². The van der Waals surface area contributed by atoms with Crippen LogP contribution in [0, 0.1) is 0 Å². The average Bonchev–Trinajstić information content (AvgIpc) is 2.44. The molecule has 0 saturated heterocycles. The van der Waals surface area contributed by atoms with E-state index in [1.807, 2.05) is 43.0 Å². The van der Waals surface area contributed by atoms with Gasteiger partial charge < -0.3 is 15.4 Å². The van der Waals surface area contributed by atoms with Crippen LogP contribution in [0.4, 0.5) is 0 Å². The topological polar surface area (TPSA) is 55.6 Å². The summed E-state index contributed by atoms with van der Waals surface area (Å²) in [6.07, 6.45) is 0.435. The maximum Gasteiger partial charge on any atom is 0.227 e. The van der Waals surface area contributed by atoms with Gasteiger partial charge in [0.25, 0.3) is 0 Å². The van der Waals surface area contributed by atoms with E-state index in [1.165, 1.54) is 0 Å². The average molecular weight is 264 g/mol. The third-order valence-electron chi connectivity index (χ3n) is 3.06. The molecular formula is C15H24N2O2. The van der Waals surface area contributed by atoms with E-state index in [-0.39, 0.29) is 5.91 Å². The highest BCUT2D eigenvalue weighted by atomic mass is 16.5. The van der Waals surface area contributed by atoms with Crippen molar-refractivity contribution in [3.63, 3.8) is 0 Å². The Bertz CT molecular complexity index is 376. The molecule has 1 aromatic rings. The normalized spacial score (nSPS) is 10.5. The number of ether oxygens (including phenoxy) is 1. The maximum absolute atomic E-state index is 12.1. The molecule has 106 valence electrons. The number of hydrogen-bond acceptors (Lipinski definition) is 3. The molecule has 4 nitrogen and oxygen atoms in total. The molecule has 0 aliphatic heterocycles. The molecular weight excluding hydrogens is 240 g/mol. The third kappa shape index (κ3) is 5.41. The van der Waals surface area contributed by atoms with Crippen molar-refractivity contribution in [3.8, 4) is 0 Å². The van der Waals surface area contributed by atoms with Gasteiger partial charge in [0.1, 0.15) is 0 Å². The van der Waals surface area contributed by atoms with E-state index >= 15 is 0 Å². The number of benzene rings is 1. The lowest BCUT2D eigenvalue weighted by Gasteiger charge is -2.20. The number of rotatable bonds is 8. The van der Waals surface area contributed by atoms with Crippen molar-refractivity contribution in [2.45, 2.75) is 26.8 Å². The quantitative estimate of drug-likeness (QED) is 0.725. The molecule has 4 heteroatoms. The minimum atomic E-state index is 0.141. The summed E-state index contributed by atoms with van der Waals surface area (Å²) >= 11 is 0. The fraction of sp³-hybridized carbons (Fsp3) is 0.533. The predicted octanol–water partition coefficient (Wildman–Crippen LogP) is 1.57. The molecule has 1 rings (SSSR count). The molecule has 0 aromatic heterocycles. The molecule has 2 N–H and O–H groups in total. The first-order chi connectivity index (χ1) is 9.21. The van der Waals surface area contributed by atoms with E-state index < -0.39 is 0 Å². The Labute approximate surface area is 115 Å². The second-order valence-electron chi connectivity index (χ2n) is 4.37. The molecule has 0 atom stereocenters. The van der Waals surface area contributed by atoms with E-state index in [4.69, 9.17) is 10.5 Å². The van der Waals surface area contributed by atoms with E-state index in [2.05, 4.69) is 0 Å². The van der Waals surface area contributed by atoms with Crippen LogP contribution in [0.5, 0.6) is 0 Å². The molecule has 0 saturated carbocycles. The van der Waals surface area contributed by atoms with Gasteiger partial charge in [-0.25, -0.2) is 0 Å². The van der Waals surface area contributed by atoms with Crippen molar-refractivity contribution in [2.24, 2.45) is 5.73 Å². The van der Waals surface area contributed by atoms with Crippen molar-refractivity contribution in [2.75, 3.05) is 26.3 Å². The Morgan fingerprint density at radius 1 is 1.21 bits per heavy atom. The summed E-state index contributed by atoms with van der Waals surface area (Å²) in [4.78, 5) is 14.0. The molecule has 0 bridgehead atoms. The van der Waals surface area contributed by atoms with Crippen LogP contribution < -0.4 is 5.73 Å². The lowest BCUT2D eigenvalue weighted by Crippen LogP contribution is -2.35. The minimum Gasteiger partial charge on any atom is -0.380 e. The Balaban J connectivity index is 2.50. The zero-order valence-electron chi connectivity index (χ0n) is 11.9. The minimum absolute atomic E-state index is 0.141. The predicted molar refractivity (Wildman–Crippen MR) is 76.8 cm³/mol. The van der Waals surface area contributed by atoms with Gasteiger partial charge in [-0.15, -0.1) is 0 Å². The van der Waals surface area contributed by atoms with Gasteiger partial charge in [0.2, 0.25) is 5.91 Å². The van der Waals surface area contributed by atoms with Crippen LogP contribution in [0.3, 0.4) is 0 Å². The summed E-state index contributed by atoms with van der Waals surface area (Å²) in [5.41, 5.74) is 7.66. The van der Waals surface area contributed by atoms with E-state index in [0.717, 1.165) is 11.1 Å². The van der Waals surface area contributed by atoms with Crippen molar-refractivity contribution >= 4 is 5.91 Å². The molecule has 0 spiro atoms. The van der Waals surface area contributed by atoms with Gasteiger partial charge >= 0.3 is 0 Å². The second kappa shape index (κ2) is 8.67. The zero-order valence-corrected chi connectivity index (χ0v) is 11.9. The number of carbonyl (C=O) groups is 1. The van der Waals surface area contributed by atoms with Crippen LogP contribution in [0.25, 0.3) is 0 Å². The van der Waals surface area contributed by atoms with Gasteiger partial charge in [0, 0.05) is 26.2 Å². The van der Waals surface area contributed by atoms with Crippen LogP contribution >= 0.6 is 0 Å². The van der Waals surface area contributed by atoms with Crippen LogP contribution in [0.2, 0.25) is 0 Å². The Morgan fingerprint density at radius 3 is 2.37 bits per heavy atom. The zero-order chi connectivity index (χ0) is 14.1. The van der Waals surface area contributed by atoms with Crippen LogP contribution in [0.15, 0.2) is 24.3 Å². The molecule has 0 fully saturated rings. The van der Waals surface area contributed by atoms with Gasteiger partial charge in [-0.1, -0.05) is 24.3 Å². The summed E-state index contributed by atoms with van der Waals surface area (Å²) in [7, 11) is 0. The van der Waals surface area contributed by atoms with Gasteiger partial charge in [-0.2, -0.15) is 0 Å². The summed E-state index contributed by atoms with van der Waals surface area (Å²) in [5, 5.41) is 0. The monoisotopic (exact) mass is 264 g/mol. The van der Waals surface area contributed by atoms with Gasteiger partial charge in [-0.3, -0.25) is 4.79 Å². The third-order valence-corrected chi connectivity index (χ3v) is 3.06. The number of nitrogens with two attached hydrogens (primary N) is 1. The number of hydrogen-bond donors (Lipinski definition) is 1. The van der Waals surface area contributed by atoms with Gasteiger partial charge in [-0.05, 0) is 25.0 Å². The first-order valence-electron chi connectivity index (χ1n) is 6.84. The van der Waals surface area contributed by atoms with Crippen molar-refractivity contribution < 1.29 is 9.53 Å². The number of nitrogens with zero attached hydrogens (tertiary/aromatic N) is 1. The number of carbonyl (C=O) groups excluding carboxylic acids is 1. The first-order valence-corrected chi connectivity index (χ1v) is 6.84. The van der Waals surface area contributed by atoms with Crippen molar-refractivity contribution in [1.29, 1.82) is 0 Å². The molecule has 0 heterocycles. The summed E-state index contributed by atoms with van der Waals surface area (Å²) in [5.74, 6) is 0.141. The van der Waals surface area contributed by atoms with E-state index in [0.29, 0.717) is 39.3 Å². The summed E-state index contributed by atoms with van der Waals surface area (Å²) in [6, 6.07) is 7.88. The van der Waals surface area contributed by atoms with Crippen LogP contribution in [-0.4, -0.2) is 37.1 Å². The molecule has 19 heavy (non-hydrogen) atoms. The van der Waals surface area contributed by atoms with Gasteiger partial charge in [0.15, 0.2) is 0 Å². The summed E-state index contributed by atoms with van der Waals surface area (Å²) < 4.78 is 5.29. The van der Waals surface area contributed by atoms with Crippen LogP contribution in [-0.2, 0) is 22.5 Å². The second-order valence-corrected chi connectivity index (χ2v) is 4.37. The fourth-order valence-electron chi connectivity index (χ4n) is 1.86. The van der Waals surface area contributed by atoms with E-state index in [1.54, 1.807) is 0 Å². The Morgan fingerprint density at radius 2 is 1.84 bits per heavy atom. The number of amides is 1. The molecule has 0 aliphatic rings. The Kier molecular flexibility index (Phi) is 7.15. The highest BCUT2D eigenvalue weighted by Gasteiger charge is 2.11.